The van der Waals surface area contributed by atoms with E-state index in [1.165, 1.54) is 27.9 Å². The lowest BCUT2D eigenvalue weighted by molar-refractivity contribution is 0.292. The molecule has 4 aromatic rings. The highest BCUT2D eigenvalue weighted by molar-refractivity contribution is 14.1. The largest absolute Gasteiger partial charge is 0.493 e. The maximum absolute atomic E-state index is 5.96. The van der Waals surface area contributed by atoms with Crippen molar-refractivity contribution >= 4 is 40.2 Å². The van der Waals surface area contributed by atoms with Crippen molar-refractivity contribution in [2.75, 3.05) is 31.7 Å². The summed E-state index contributed by atoms with van der Waals surface area (Å²) in [6.07, 6.45) is 5.15. The minimum Gasteiger partial charge on any atom is -0.493 e. The van der Waals surface area contributed by atoms with E-state index in [-0.39, 0.29) is 0 Å². The van der Waals surface area contributed by atoms with E-state index in [0.29, 0.717) is 18.4 Å². The van der Waals surface area contributed by atoms with Gasteiger partial charge in [0, 0.05) is 36.8 Å². The van der Waals surface area contributed by atoms with E-state index in [4.69, 9.17) is 14.5 Å². The molecule has 0 fully saturated rings. The number of halogens is 1. The van der Waals surface area contributed by atoms with Crippen LogP contribution >= 0.6 is 22.6 Å². The van der Waals surface area contributed by atoms with Gasteiger partial charge in [0.15, 0.2) is 11.5 Å². The molecule has 2 atom stereocenters. The van der Waals surface area contributed by atoms with Gasteiger partial charge < -0.3 is 14.4 Å². The number of aliphatic imine (C=N–C) groups is 1. The number of ether oxygens (including phenoxy) is 2. The molecule has 4 nitrogen and oxygen atoms in total. The van der Waals surface area contributed by atoms with E-state index in [1.807, 2.05) is 12.3 Å². The van der Waals surface area contributed by atoms with Crippen LogP contribution < -0.4 is 14.4 Å². The van der Waals surface area contributed by atoms with Crippen LogP contribution in [0.3, 0.4) is 0 Å². The Morgan fingerprint density at radius 3 is 2.02 bits per heavy atom. The van der Waals surface area contributed by atoms with Crippen LogP contribution in [0.5, 0.6) is 11.5 Å². The molecule has 0 saturated carbocycles. The van der Waals surface area contributed by atoms with Crippen LogP contribution in [0.1, 0.15) is 65.8 Å². The first-order valence-corrected chi connectivity index (χ1v) is 15.3. The molecule has 0 unspecified atom stereocenters. The fourth-order valence-corrected chi connectivity index (χ4v) is 7.00. The molecule has 0 bridgehead atoms. The van der Waals surface area contributed by atoms with Crippen LogP contribution in [-0.4, -0.2) is 33.0 Å². The molecule has 0 radical (unpaired) electrons. The van der Waals surface area contributed by atoms with Gasteiger partial charge in [0.1, 0.15) is 0 Å². The van der Waals surface area contributed by atoms with Gasteiger partial charge in [-0.05, 0) is 93.9 Å². The minimum atomic E-state index is 0.368. The van der Waals surface area contributed by atoms with Gasteiger partial charge in [0.2, 0.25) is 0 Å². The molecule has 0 N–H and O–H groups in total. The number of methoxy groups -OCH3 is 1. The summed E-state index contributed by atoms with van der Waals surface area (Å²) in [4.78, 5) is 7.67. The first kappa shape index (κ1) is 26.9. The van der Waals surface area contributed by atoms with Gasteiger partial charge in [-0.25, -0.2) is 0 Å². The van der Waals surface area contributed by atoms with E-state index in [9.17, 15) is 0 Å². The van der Waals surface area contributed by atoms with E-state index in [1.54, 1.807) is 7.11 Å². The molecule has 2 aliphatic rings. The van der Waals surface area contributed by atoms with Crippen LogP contribution in [0.4, 0.5) is 11.4 Å². The van der Waals surface area contributed by atoms with Crippen molar-refractivity contribution in [1.82, 2.24) is 0 Å². The van der Waals surface area contributed by atoms with Crippen molar-refractivity contribution in [2.24, 2.45) is 4.99 Å². The summed E-state index contributed by atoms with van der Waals surface area (Å²) in [6.45, 7) is 4.96. The topological polar surface area (TPSA) is 34.1 Å². The van der Waals surface area contributed by atoms with Gasteiger partial charge in [-0.3, -0.25) is 4.99 Å². The molecule has 40 heavy (non-hydrogen) atoms. The van der Waals surface area contributed by atoms with Gasteiger partial charge in [-0.2, -0.15) is 0 Å². The first-order chi connectivity index (χ1) is 19.7. The molecule has 204 valence electrons. The summed E-state index contributed by atoms with van der Waals surface area (Å²) in [5, 5.41) is 0. The summed E-state index contributed by atoms with van der Waals surface area (Å²) in [6, 6.07) is 30.7. The first-order valence-electron chi connectivity index (χ1n) is 14.2. The number of anilines is 1. The van der Waals surface area contributed by atoms with Crippen LogP contribution in [-0.2, 0) is 0 Å². The van der Waals surface area contributed by atoms with Crippen molar-refractivity contribution in [3.8, 4) is 11.5 Å². The van der Waals surface area contributed by atoms with Crippen LogP contribution in [0.2, 0.25) is 0 Å². The monoisotopic (exact) mass is 642 g/mol. The summed E-state index contributed by atoms with van der Waals surface area (Å²) >= 11 is 2.32. The Hall–Kier alpha value is -3.32. The average molecular weight is 643 g/mol. The predicted octanol–water partition coefficient (Wildman–Crippen LogP) is 8.72. The van der Waals surface area contributed by atoms with E-state index >= 15 is 0 Å². The lowest BCUT2D eigenvalue weighted by Crippen LogP contribution is -2.37. The van der Waals surface area contributed by atoms with Crippen LogP contribution in [0, 0.1) is 3.57 Å². The molecule has 2 heterocycles. The molecule has 0 aliphatic carbocycles. The molecule has 0 amide bonds. The van der Waals surface area contributed by atoms with Crippen molar-refractivity contribution in [3.05, 3.63) is 116 Å². The van der Waals surface area contributed by atoms with Crippen molar-refractivity contribution in [2.45, 2.75) is 38.0 Å². The molecule has 6 rings (SSSR count). The number of hydrogen-bond acceptors (Lipinski definition) is 4. The quantitative estimate of drug-likeness (QED) is 0.143. The van der Waals surface area contributed by atoms with Gasteiger partial charge in [0.05, 0.1) is 23.0 Å². The molecule has 0 spiro atoms. The molecule has 4 aromatic carbocycles. The SMILES string of the molecule is CCCOc1c(I)cc(C=Nc2cc3c4c(c2)[C@@H](c2ccccc2)CCN4CC[C@@H]3c2ccccc2)cc1OC. The fraction of sp³-hybridized carbons (Fsp3) is 0.286. The van der Waals surface area contributed by atoms with Gasteiger partial charge in [-0.15, -0.1) is 0 Å². The minimum absolute atomic E-state index is 0.368. The van der Waals surface area contributed by atoms with Gasteiger partial charge >= 0.3 is 0 Å². The maximum Gasteiger partial charge on any atom is 0.174 e. The second-order valence-electron chi connectivity index (χ2n) is 10.6. The number of rotatable bonds is 8. The summed E-state index contributed by atoms with van der Waals surface area (Å²) < 4.78 is 12.7. The van der Waals surface area contributed by atoms with E-state index in [0.717, 1.165) is 58.7 Å². The maximum atomic E-state index is 5.96. The highest BCUT2D eigenvalue weighted by Gasteiger charge is 2.35. The van der Waals surface area contributed by atoms with Gasteiger partial charge in [-0.1, -0.05) is 67.6 Å². The third-order valence-corrected chi connectivity index (χ3v) is 8.87. The molecule has 5 heteroatoms. The third-order valence-electron chi connectivity index (χ3n) is 8.06. The summed E-state index contributed by atoms with van der Waals surface area (Å²) in [5.74, 6) is 2.28. The normalized spacial score (nSPS) is 18.0. The van der Waals surface area contributed by atoms with Crippen LogP contribution in [0.25, 0.3) is 0 Å². The van der Waals surface area contributed by atoms with Crippen molar-refractivity contribution in [3.63, 3.8) is 0 Å². The third kappa shape index (κ3) is 5.36. The van der Waals surface area contributed by atoms with Crippen molar-refractivity contribution in [1.29, 1.82) is 0 Å². The highest BCUT2D eigenvalue weighted by Crippen LogP contribution is 2.50. The smallest absolute Gasteiger partial charge is 0.174 e. The Balaban J connectivity index is 1.44. The zero-order valence-electron chi connectivity index (χ0n) is 23.1. The van der Waals surface area contributed by atoms with Gasteiger partial charge in [0.25, 0.3) is 0 Å². The Kier molecular flexibility index (Phi) is 8.10. The predicted molar refractivity (Wildman–Crippen MR) is 173 cm³/mol. The highest BCUT2D eigenvalue weighted by atomic mass is 127. The Bertz CT molecular complexity index is 1430. The Morgan fingerprint density at radius 1 is 0.875 bits per heavy atom. The molecular formula is C35H35IN2O2. The Morgan fingerprint density at radius 2 is 1.48 bits per heavy atom. The molecular weight excluding hydrogens is 607 g/mol. The zero-order valence-corrected chi connectivity index (χ0v) is 25.3. The zero-order chi connectivity index (χ0) is 27.5. The summed E-state index contributed by atoms with van der Waals surface area (Å²) in [7, 11) is 1.69. The molecule has 2 aliphatic heterocycles. The second kappa shape index (κ2) is 12.0. The lowest BCUT2D eigenvalue weighted by atomic mass is 9.76. The second-order valence-corrected chi connectivity index (χ2v) is 11.8. The lowest BCUT2D eigenvalue weighted by Gasteiger charge is -2.43. The van der Waals surface area contributed by atoms with E-state index in [2.05, 4.69) is 113 Å². The average Bonchev–Trinajstić information content (AvgIpc) is 3.00. The fourth-order valence-electron chi connectivity index (χ4n) is 6.22. The van der Waals surface area contributed by atoms with Crippen LogP contribution in [0.15, 0.2) is 89.9 Å². The van der Waals surface area contributed by atoms with Crippen molar-refractivity contribution < 1.29 is 9.47 Å². The standard InChI is InChI=1S/C35H35IN2O2/c1-3-18-40-35-32(36)19-24(20-33(35)39-2)23-37-27-21-30-28(25-10-6-4-7-11-25)14-16-38-17-15-29(31(22-27)34(30)38)26-12-8-5-9-13-26/h4-13,19-23,28-29H,3,14-18H2,1-2H3/t28-,29-/m1/s1. The number of nitrogens with zero attached hydrogens (tertiary/aromatic N) is 2. The summed E-state index contributed by atoms with van der Waals surface area (Å²) in [5.41, 5.74) is 8.99. The number of benzene rings is 4. The Labute approximate surface area is 251 Å². The molecule has 0 aromatic heterocycles. The van der Waals surface area contributed by atoms with E-state index < -0.39 is 0 Å². The number of hydrogen-bond donors (Lipinski definition) is 0. The molecule has 0 saturated heterocycles.